The number of benzene rings is 2. The highest BCUT2D eigenvalue weighted by atomic mass is 32.2. The number of nitrogens with one attached hydrogen (secondary N) is 2. The van der Waals surface area contributed by atoms with Gasteiger partial charge in [0.25, 0.3) is 0 Å². The minimum atomic E-state index is -4.65. The van der Waals surface area contributed by atoms with Crippen molar-refractivity contribution in [1.29, 1.82) is 0 Å². The van der Waals surface area contributed by atoms with Crippen molar-refractivity contribution < 1.29 is 35.1 Å². The molecule has 2 N–H and O–H groups in total. The Hall–Kier alpha value is -3.59. The van der Waals surface area contributed by atoms with E-state index in [9.17, 15) is 30.4 Å². The highest BCUT2D eigenvalue weighted by Crippen LogP contribution is 2.24. The van der Waals surface area contributed by atoms with Gasteiger partial charge in [0.15, 0.2) is 18.2 Å². The van der Waals surface area contributed by atoms with E-state index in [-0.39, 0.29) is 41.6 Å². The number of hydrogen-bond acceptors (Lipinski definition) is 8. The molecule has 1 saturated heterocycles. The zero-order chi connectivity index (χ0) is 26.6. The van der Waals surface area contributed by atoms with Gasteiger partial charge in [0.2, 0.25) is 21.9 Å². The lowest BCUT2D eigenvalue weighted by Gasteiger charge is -2.31. The molecular weight excluding hydrogens is 523 g/mol. The molecule has 0 atom stereocenters. The van der Waals surface area contributed by atoms with Gasteiger partial charge >= 0.3 is 12.2 Å². The Bertz CT molecular complexity index is 1340. The molecule has 198 valence electrons. The zero-order valence-corrected chi connectivity index (χ0v) is 19.9. The Balaban J connectivity index is 1.48. The molecule has 3 aromatic rings. The molecule has 4 rings (SSSR count). The largest absolute Gasteiger partial charge is 0.454 e. The highest BCUT2D eigenvalue weighted by Gasteiger charge is 2.31. The number of ether oxygens (including phenoxy) is 1. The minimum absolute atomic E-state index is 0.0391. The summed E-state index contributed by atoms with van der Waals surface area (Å²) in [7, 11) is -3.66. The van der Waals surface area contributed by atoms with E-state index < -0.39 is 40.5 Å². The first-order chi connectivity index (χ1) is 17.5. The van der Waals surface area contributed by atoms with Gasteiger partial charge in [0.05, 0.1) is 4.90 Å². The number of piperidine rings is 1. The average molecular weight is 545 g/mol. The Labute approximate surface area is 208 Å². The predicted octanol–water partition coefficient (Wildman–Crippen LogP) is 4.10. The lowest BCUT2D eigenvalue weighted by Crippen LogP contribution is -2.42. The average Bonchev–Trinajstić information content (AvgIpc) is 2.85. The van der Waals surface area contributed by atoms with Gasteiger partial charge in [-0.25, -0.2) is 17.2 Å². The summed E-state index contributed by atoms with van der Waals surface area (Å²) in [5.41, 5.74) is 0.0391. The van der Waals surface area contributed by atoms with Crippen LogP contribution in [0.25, 0.3) is 0 Å². The first kappa shape index (κ1) is 26.5. The Morgan fingerprint density at radius 1 is 0.946 bits per heavy atom. The molecule has 37 heavy (non-hydrogen) atoms. The van der Waals surface area contributed by atoms with Crippen molar-refractivity contribution in [2.45, 2.75) is 30.0 Å². The van der Waals surface area contributed by atoms with Crippen LogP contribution in [0.1, 0.15) is 12.8 Å². The number of sulfonamides is 1. The Morgan fingerprint density at radius 3 is 2.27 bits per heavy atom. The van der Waals surface area contributed by atoms with Gasteiger partial charge in [-0.15, -0.1) is 0 Å². The summed E-state index contributed by atoms with van der Waals surface area (Å²) < 4.78 is 96.3. The third-order valence-corrected chi connectivity index (χ3v) is 7.24. The monoisotopic (exact) mass is 544 g/mol. The molecule has 2 aromatic carbocycles. The zero-order valence-electron chi connectivity index (χ0n) is 19.0. The van der Waals surface area contributed by atoms with E-state index in [0.717, 1.165) is 12.1 Å². The second-order valence-electron chi connectivity index (χ2n) is 8.06. The third kappa shape index (κ3) is 7.01. The molecule has 0 bridgehead atoms. The molecule has 0 saturated carbocycles. The standard InChI is InChI=1S/C22H21F5N6O3S/c23-17-7-6-15(12-18(17)24)29-20-30-19(31-21(32-20)36-13-22(25,26)27)28-14-8-10-33(11-9-14)37(34,35)16-4-2-1-3-5-16/h1-7,12,14H,8-11,13H2,(H2,28,29,30,31,32). The first-order valence-corrected chi connectivity index (χ1v) is 12.4. The van der Waals surface area contributed by atoms with Crippen LogP contribution in [0.3, 0.4) is 0 Å². The molecule has 2 heterocycles. The maximum absolute atomic E-state index is 13.5. The number of anilines is 3. The maximum Gasteiger partial charge on any atom is 0.422 e. The van der Waals surface area contributed by atoms with Gasteiger partial charge in [-0.3, -0.25) is 0 Å². The molecule has 15 heteroatoms. The third-order valence-electron chi connectivity index (χ3n) is 5.32. The van der Waals surface area contributed by atoms with Crippen LogP contribution in [-0.2, 0) is 10.0 Å². The predicted molar refractivity (Wildman–Crippen MR) is 123 cm³/mol. The normalized spacial score (nSPS) is 15.4. The van der Waals surface area contributed by atoms with Crippen molar-refractivity contribution >= 4 is 27.6 Å². The fourth-order valence-corrected chi connectivity index (χ4v) is 5.05. The molecule has 0 radical (unpaired) electrons. The quantitative estimate of drug-likeness (QED) is 0.408. The maximum atomic E-state index is 13.5. The van der Waals surface area contributed by atoms with Crippen molar-refractivity contribution in [2.24, 2.45) is 0 Å². The molecule has 1 aliphatic rings. The first-order valence-electron chi connectivity index (χ1n) is 11.0. The second-order valence-corrected chi connectivity index (χ2v) is 10.00. The van der Waals surface area contributed by atoms with Crippen LogP contribution in [0.4, 0.5) is 39.5 Å². The van der Waals surface area contributed by atoms with E-state index in [1.54, 1.807) is 18.2 Å². The number of aromatic nitrogens is 3. The minimum Gasteiger partial charge on any atom is -0.454 e. The number of rotatable bonds is 8. The van der Waals surface area contributed by atoms with Crippen molar-refractivity contribution in [3.63, 3.8) is 0 Å². The lowest BCUT2D eigenvalue weighted by atomic mass is 10.1. The van der Waals surface area contributed by atoms with Gasteiger partial charge in [-0.05, 0) is 37.1 Å². The summed E-state index contributed by atoms with van der Waals surface area (Å²) in [5, 5.41) is 5.53. The van der Waals surface area contributed by atoms with E-state index in [1.165, 1.54) is 22.5 Å². The summed E-state index contributed by atoms with van der Waals surface area (Å²) in [6, 6.07) is 9.91. The molecule has 0 aliphatic carbocycles. The van der Waals surface area contributed by atoms with Crippen molar-refractivity contribution in [1.82, 2.24) is 19.3 Å². The van der Waals surface area contributed by atoms with E-state index in [0.29, 0.717) is 12.8 Å². The fourth-order valence-electron chi connectivity index (χ4n) is 3.56. The molecular formula is C22H21F5N6O3S. The van der Waals surface area contributed by atoms with Crippen molar-refractivity contribution in [3.05, 3.63) is 60.2 Å². The van der Waals surface area contributed by atoms with Gasteiger partial charge < -0.3 is 15.4 Å². The summed E-state index contributed by atoms with van der Waals surface area (Å²) >= 11 is 0. The van der Waals surface area contributed by atoms with Gasteiger partial charge in [-0.2, -0.15) is 32.4 Å². The Morgan fingerprint density at radius 2 is 1.62 bits per heavy atom. The molecule has 1 fully saturated rings. The van der Waals surface area contributed by atoms with Crippen LogP contribution in [0, 0.1) is 11.6 Å². The van der Waals surface area contributed by atoms with Gasteiger partial charge in [0.1, 0.15) is 0 Å². The smallest absolute Gasteiger partial charge is 0.422 e. The molecule has 9 nitrogen and oxygen atoms in total. The SMILES string of the molecule is O=S(=O)(c1ccccc1)N1CCC(Nc2nc(Nc3ccc(F)c(F)c3)nc(OCC(F)(F)F)n2)CC1. The summed E-state index contributed by atoms with van der Waals surface area (Å²) in [6.07, 6.45) is -3.92. The van der Waals surface area contributed by atoms with Gasteiger partial charge in [0, 0.05) is 30.9 Å². The number of nitrogens with zero attached hydrogens (tertiary/aromatic N) is 4. The molecule has 1 aliphatic heterocycles. The van der Waals surface area contributed by atoms with E-state index in [2.05, 4.69) is 30.3 Å². The number of halogens is 5. The van der Waals surface area contributed by atoms with E-state index in [1.807, 2.05) is 0 Å². The van der Waals surface area contributed by atoms with Crippen LogP contribution >= 0.6 is 0 Å². The van der Waals surface area contributed by atoms with Crippen LogP contribution in [-0.4, -0.2) is 59.6 Å². The lowest BCUT2D eigenvalue weighted by molar-refractivity contribution is -0.154. The van der Waals surface area contributed by atoms with Crippen LogP contribution in [0.15, 0.2) is 53.4 Å². The number of alkyl halides is 3. The molecule has 0 unspecified atom stereocenters. The van der Waals surface area contributed by atoms with Gasteiger partial charge in [-0.1, -0.05) is 18.2 Å². The summed E-state index contributed by atoms with van der Waals surface area (Å²) in [4.78, 5) is 11.9. The highest BCUT2D eigenvalue weighted by molar-refractivity contribution is 7.89. The van der Waals surface area contributed by atoms with Crippen molar-refractivity contribution in [2.75, 3.05) is 30.3 Å². The summed E-state index contributed by atoms with van der Waals surface area (Å²) in [6.45, 7) is -1.27. The molecule has 1 aromatic heterocycles. The van der Waals surface area contributed by atoms with Crippen LogP contribution in [0.5, 0.6) is 6.01 Å². The molecule has 0 spiro atoms. The molecule has 0 amide bonds. The van der Waals surface area contributed by atoms with E-state index in [4.69, 9.17) is 0 Å². The van der Waals surface area contributed by atoms with E-state index >= 15 is 0 Å². The van der Waals surface area contributed by atoms with Crippen LogP contribution < -0.4 is 15.4 Å². The second kappa shape index (κ2) is 10.8. The topological polar surface area (TPSA) is 109 Å². The number of hydrogen-bond donors (Lipinski definition) is 2. The summed E-state index contributed by atoms with van der Waals surface area (Å²) in [5.74, 6) is -2.65. The Kier molecular flexibility index (Phi) is 7.73. The van der Waals surface area contributed by atoms with Crippen LogP contribution in [0.2, 0.25) is 0 Å². The van der Waals surface area contributed by atoms with Crippen molar-refractivity contribution in [3.8, 4) is 6.01 Å². The fraction of sp³-hybridized carbons (Fsp3) is 0.318.